The topological polar surface area (TPSA) is 78.4 Å². The van der Waals surface area contributed by atoms with Crippen molar-refractivity contribution in [3.8, 4) is 0 Å². The van der Waals surface area contributed by atoms with Gasteiger partial charge in [0, 0.05) is 5.69 Å². The number of fused-ring (bicyclic) bond motifs is 1. The molecule has 0 fully saturated rings. The van der Waals surface area contributed by atoms with E-state index in [0.717, 1.165) is 5.52 Å². The van der Waals surface area contributed by atoms with E-state index in [0.29, 0.717) is 27.0 Å². The summed E-state index contributed by atoms with van der Waals surface area (Å²) < 4.78 is 10.4. The van der Waals surface area contributed by atoms with Gasteiger partial charge < -0.3 is 14.9 Å². The van der Waals surface area contributed by atoms with Crippen molar-refractivity contribution >= 4 is 34.5 Å². The van der Waals surface area contributed by atoms with E-state index in [9.17, 15) is 4.79 Å². The normalized spacial score (nSPS) is 10.7. The summed E-state index contributed by atoms with van der Waals surface area (Å²) in [5.74, 6) is -0.444. The first-order valence-corrected chi connectivity index (χ1v) is 7.01. The van der Waals surface area contributed by atoms with Gasteiger partial charge in [-0.25, -0.2) is 9.78 Å². The van der Waals surface area contributed by atoms with E-state index < -0.39 is 5.97 Å². The molecule has 1 aromatic heterocycles. The molecular formula is C15H12N2O3S. The van der Waals surface area contributed by atoms with E-state index >= 15 is 0 Å². The lowest BCUT2D eigenvalue weighted by atomic mass is 10.2. The number of nitrogen functional groups attached to an aromatic ring is 1. The zero-order valence-corrected chi connectivity index (χ0v) is 12.0. The zero-order chi connectivity index (χ0) is 14.8. The molecule has 1 heterocycles. The Balaban J connectivity index is 2.02. The fourth-order valence-corrected chi connectivity index (χ4v) is 2.82. The monoisotopic (exact) mass is 300 g/mol. The van der Waals surface area contributed by atoms with Crippen LogP contribution in [-0.2, 0) is 4.74 Å². The highest BCUT2D eigenvalue weighted by Crippen LogP contribution is 2.36. The molecule has 0 aliphatic heterocycles. The van der Waals surface area contributed by atoms with Gasteiger partial charge in [-0.2, -0.15) is 0 Å². The number of nitrogens with two attached hydrogens (primary N) is 1. The third kappa shape index (κ3) is 2.57. The lowest BCUT2D eigenvalue weighted by Gasteiger charge is -2.08. The summed E-state index contributed by atoms with van der Waals surface area (Å²) in [5.41, 5.74) is 8.28. The predicted molar refractivity (Wildman–Crippen MR) is 80.3 cm³/mol. The summed E-state index contributed by atoms with van der Waals surface area (Å²) in [6.45, 7) is 0. The number of para-hydroxylation sites is 2. The summed E-state index contributed by atoms with van der Waals surface area (Å²) in [5, 5.41) is 0.430. The zero-order valence-electron chi connectivity index (χ0n) is 11.2. The number of oxazole rings is 1. The molecule has 6 heteroatoms. The largest absolute Gasteiger partial charge is 0.465 e. The lowest BCUT2D eigenvalue weighted by molar-refractivity contribution is 0.0597. The highest BCUT2D eigenvalue weighted by atomic mass is 32.2. The van der Waals surface area contributed by atoms with Crippen molar-refractivity contribution in [2.75, 3.05) is 12.8 Å². The quantitative estimate of drug-likeness (QED) is 0.590. The van der Waals surface area contributed by atoms with Crippen molar-refractivity contribution in [2.45, 2.75) is 10.1 Å². The summed E-state index contributed by atoms with van der Waals surface area (Å²) in [6, 6.07) is 12.5. The Morgan fingerprint density at radius 1 is 1.24 bits per heavy atom. The molecule has 3 aromatic rings. The van der Waals surface area contributed by atoms with Crippen molar-refractivity contribution in [3.63, 3.8) is 0 Å². The van der Waals surface area contributed by atoms with Crippen LogP contribution in [0.3, 0.4) is 0 Å². The molecule has 0 spiro atoms. The van der Waals surface area contributed by atoms with Gasteiger partial charge in [-0.05, 0) is 36.0 Å². The molecule has 0 amide bonds. The Morgan fingerprint density at radius 2 is 2.05 bits per heavy atom. The number of ether oxygens (including phenoxy) is 1. The van der Waals surface area contributed by atoms with Crippen LogP contribution in [0, 0.1) is 0 Å². The molecule has 3 rings (SSSR count). The molecule has 0 saturated carbocycles. The lowest BCUT2D eigenvalue weighted by Crippen LogP contribution is -2.05. The average molecular weight is 300 g/mol. The van der Waals surface area contributed by atoms with Crippen molar-refractivity contribution in [1.29, 1.82) is 0 Å². The van der Waals surface area contributed by atoms with E-state index in [2.05, 4.69) is 4.98 Å². The summed E-state index contributed by atoms with van der Waals surface area (Å²) >= 11 is 1.21. The molecule has 5 nitrogen and oxygen atoms in total. The van der Waals surface area contributed by atoms with Gasteiger partial charge in [0.15, 0.2) is 5.58 Å². The molecule has 0 saturated heterocycles. The Kier molecular flexibility index (Phi) is 3.53. The Hall–Kier alpha value is -2.47. The highest BCUT2D eigenvalue weighted by molar-refractivity contribution is 7.99. The van der Waals surface area contributed by atoms with Crippen LogP contribution in [0.2, 0.25) is 0 Å². The number of aromatic nitrogens is 1. The molecule has 106 valence electrons. The third-order valence-electron chi connectivity index (χ3n) is 2.91. The number of esters is 1. The second-order valence-electron chi connectivity index (χ2n) is 4.27. The van der Waals surface area contributed by atoms with E-state index in [1.807, 2.05) is 24.3 Å². The summed E-state index contributed by atoms with van der Waals surface area (Å²) in [4.78, 5) is 16.8. The molecule has 2 aromatic carbocycles. The molecule has 0 radical (unpaired) electrons. The fourth-order valence-electron chi connectivity index (χ4n) is 1.92. The number of nitrogens with zero attached hydrogens (tertiary/aromatic N) is 1. The maximum Gasteiger partial charge on any atom is 0.339 e. The number of benzene rings is 2. The number of methoxy groups -OCH3 is 1. The van der Waals surface area contributed by atoms with E-state index in [-0.39, 0.29) is 0 Å². The van der Waals surface area contributed by atoms with Gasteiger partial charge in [-0.15, -0.1) is 0 Å². The first kappa shape index (κ1) is 13.5. The standard InChI is InChI=1S/C15H12N2O3S/c1-19-14(18)9-5-4-6-10(16)13(9)21-15-17-11-7-2-3-8-12(11)20-15/h2-8H,16H2,1H3. The van der Waals surface area contributed by atoms with Crippen molar-refractivity contribution in [1.82, 2.24) is 4.98 Å². The minimum Gasteiger partial charge on any atom is -0.465 e. The second kappa shape index (κ2) is 5.49. The van der Waals surface area contributed by atoms with Crippen LogP contribution in [0.25, 0.3) is 11.1 Å². The van der Waals surface area contributed by atoms with Crippen molar-refractivity contribution < 1.29 is 13.9 Å². The Morgan fingerprint density at radius 3 is 2.81 bits per heavy atom. The first-order chi connectivity index (χ1) is 10.2. The van der Waals surface area contributed by atoms with E-state index in [1.165, 1.54) is 18.9 Å². The molecular weight excluding hydrogens is 288 g/mol. The van der Waals surface area contributed by atoms with Gasteiger partial charge in [-0.1, -0.05) is 18.2 Å². The molecule has 2 N–H and O–H groups in total. The Bertz CT molecular complexity index is 781. The number of carbonyl (C=O) groups excluding carboxylic acids is 1. The SMILES string of the molecule is COC(=O)c1cccc(N)c1Sc1nc2ccccc2o1. The second-order valence-corrected chi connectivity index (χ2v) is 5.23. The van der Waals surface area contributed by atoms with Gasteiger partial charge in [0.2, 0.25) is 0 Å². The summed E-state index contributed by atoms with van der Waals surface area (Å²) in [7, 11) is 1.33. The first-order valence-electron chi connectivity index (χ1n) is 6.19. The van der Waals surface area contributed by atoms with E-state index in [1.54, 1.807) is 18.2 Å². The van der Waals surface area contributed by atoms with Gasteiger partial charge in [0.05, 0.1) is 17.6 Å². The van der Waals surface area contributed by atoms with Crippen LogP contribution in [0.5, 0.6) is 0 Å². The molecule has 0 unspecified atom stereocenters. The van der Waals surface area contributed by atoms with E-state index in [4.69, 9.17) is 14.9 Å². The van der Waals surface area contributed by atoms with Crippen molar-refractivity contribution in [2.24, 2.45) is 0 Å². The van der Waals surface area contributed by atoms with Crippen LogP contribution in [0.1, 0.15) is 10.4 Å². The van der Waals surface area contributed by atoms with Crippen LogP contribution < -0.4 is 5.73 Å². The number of anilines is 1. The van der Waals surface area contributed by atoms with Crippen LogP contribution >= 0.6 is 11.8 Å². The minimum atomic E-state index is -0.444. The fraction of sp³-hybridized carbons (Fsp3) is 0.0667. The molecule has 0 bridgehead atoms. The van der Waals surface area contributed by atoms with Gasteiger partial charge in [0.25, 0.3) is 5.22 Å². The highest BCUT2D eigenvalue weighted by Gasteiger charge is 2.17. The number of hydrogen-bond acceptors (Lipinski definition) is 6. The van der Waals surface area contributed by atoms with Gasteiger partial charge >= 0.3 is 5.97 Å². The molecule has 21 heavy (non-hydrogen) atoms. The molecule has 0 aliphatic carbocycles. The number of rotatable bonds is 3. The number of carbonyl (C=O) groups is 1. The average Bonchev–Trinajstić information content (AvgIpc) is 2.91. The van der Waals surface area contributed by atoms with Crippen molar-refractivity contribution in [3.05, 3.63) is 48.0 Å². The molecule has 0 aliphatic rings. The summed E-state index contributed by atoms with van der Waals surface area (Å²) in [6.07, 6.45) is 0. The van der Waals surface area contributed by atoms with Crippen LogP contribution in [0.15, 0.2) is 57.0 Å². The maximum absolute atomic E-state index is 11.8. The van der Waals surface area contributed by atoms with Gasteiger partial charge in [0.1, 0.15) is 5.52 Å². The third-order valence-corrected chi connectivity index (χ3v) is 3.92. The van der Waals surface area contributed by atoms with Crippen LogP contribution in [-0.4, -0.2) is 18.1 Å². The number of hydrogen-bond donors (Lipinski definition) is 1. The minimum absolute atomic E-state index is 0.393. The Labute approximate surface area is 125 Å². The van der Waals surface area contributed by atoms with Crippen LogP contribution in [0.4, 0.5) is 5.69 Å². The maximum atomic E-state index is 11.8. The van der Waals surface area contributed by atoms with Gasteiger partial charge in [-0.3, -0.25) is 0 Å². The predicted octanol–water partition coefficient (Wildman–Crippen LogP) is 3.35. The smallest absolute Gasteiger partial charge is 0.339 e. The molecule has 0 atom stereocenters.